The molecule has 19 heavy (non-hydrogen) atoms. The molecule has 0 heterocycles. The fourth-order valence-corrected chi connectivity index (χ4v) is 3.13. The minimum absolute atomic E-state index is 0.809. The van der Waals surface area contributed by atoms with Crippen molar-refractivity contribution in [2.24, 2.45) is 5.73 Å². The van der Waals surface area contributed by atoms with Crippen molar-refractivity contribution in [3.05, 3.63) is 35.9 Å². The van der Waals surface area contributed by atoms with Crippen LogP contribution in [0.4, 0.5) is 0 Å². The Hall–Kier alpha value is -0.860. The van der Waals surface area contributed by atoms with Crippen LogP contribution in [0.3, 0.4) is 0 Å². The summed E-state index contributed by atoms with van der Waals surface area (Å²) < 4.78 is 0. The third-order valence-electron chi connectivity index (χ3n) is 4.27. The van der Waals surface area contributed by atoms with Gasteiger partial charge in [0.05, 0.1) is 0 Å². The Morgan fingerprint density at radius 3 is 2.42 bits per heavy atom. The summed E-state index contributed by atoms with van der Waals surface area (Å²) in [5.41, 5.74) is 7.14. The Kier molecular flexibility index (Phi) is 6.38. The number of hydrogen-bond donors (Lipinski definition) is 1. The van der Waals surface area contributed by atoms with Crippen LogP contribution in [0.5, 0.6) is 0 Å². The highest BCUT2D eigenvalue weighted by atomic mass is 15.1. The number of nitrogens with two attached hydrogens (primary N) is 1. The molecule has 0 saturated heterocycles. The minimum Gasteiger partial charge on any atom is -0.330 e. The van der Waals surface area contributed by atoms with E-state index in [0.29, 0.717) is 0 Å². The fraction of sp³-hybridized carbons (Fsp3) is 0.647. The summed E-state index contributed by atoms with van der Waals surface area (Å²) in [7, 11) is 0. The first-order chi connectivity index (χ1) is 9.40. The van der Waals surface area contributed by atoms with Crippen LogP contribution in [0.2, 0.25) is 0 Å². The van der Waals surface area contributed by atoms with Crippen LogP contribution >= 0.6 is 0 Å². The lowest BCUT2D eigenvalue weighted by Crippen LogP contribution is -2.39. The molecule has 0 aromatic heterocycles. The van der Waals surface area contributed by atoms with Crippen LogP contribution in [0.15, 0.2) is 30.3 Å². The molecule has 1 aliphatic carbocycles. The number of nitrogens with zero attached hydrogens (tertiary/aromatic N) is 1. The van der Waals surface area contributed by atoms with E-state index in [1.54, 1.807) is 0 Å². The van der Waals surface area contributed by atoms with Gasteiger partial charge in [-0.2, -0.15) is 0 Å². The van der Waals surface area contributed by atoms with Gasteiger partial charge in [-0.05, 0) is 44.3 Å². The van der Waals surface area contributed by atoms with Crippen molar-refractivity contribution in [3.8, 4) is 0 Å². The maximum absolute atomic E-state index is 5.69. The molecular formula is C17H28N2. The van der Waals surface area contributed by atoms with Crippen LogP contribution in [0.1, 0.15) is 44.1 Å². The van der Waals surface area contributed by atoms with Crippen LogP contribution in [0.25, 0.3) is 0 Å². The van der Waals surface area contributed by atoms with Gasteiger partial charge in [-0.25, -0.2) is 0 Å². The fourth-order valence-electron chi connectivity index (χ4n) is 3.13. The zero-order valence-corrected chi connectivity index (χ0v) is 12.1. The van der Waals surface area contributed by atoms with Crippen molar-refractivity contribution >= 4 is 0 Å². The number of rotatable bonds is 7. The van der Waals surface area contributed by atoms with E-state index in [1.807, 2.05) is 0 Å². The summed E-state index contributed by atoms with van der Waals surface area (Å²) in [6, 6.07) is 11.7. The van der Waals surface area contributed by atoms with Crippen molar-refractivity contribution in [1.29, 1.82) is 0 Å². The third kappa shape index (κ3) is 4.96. The Morgan fingerprint density at radius 2 is 1.74 bits per heavy atom. The molecule has 1 saturated carbocycles. The molecule has 2 nitrogen and oxygen atoms in total. The second-order valence-electron chi connectivity index (χ2n) is 5.71. The molecule has 2 N–H and O–H groups in total. The maximum atomic E-state index is 5.69. The monoisotopic (exact) mass is 260 g/mol. The molecule has 1 aliphatic rings. The summed E-state index contributed by atoms with van der Waals surface area (Å²) in [5.74, 6) is 0. The molecule has 106 valence electrons. The van der Waals surface area contributed by atoms with Crippen LogP contribution in [-0.4, -0.2) is 30.6 Å². The van der Waals surface area contributed by atoms with E-state index >= 15 is 0 Å². The molecule has 0 atom stereocenters. The van der Waals surface area contributed by atoms with Gasteiger partial charge in [-0.3, -0.25) is 0 Å². The second kappa shape index (κ2) is 8.34. The van der Waals surface area contributed by atoms with Crippen LogP contribution in [-0.2, 0) is 6.42 Å². The standard InChI is InChI=1S/C17H28N2/c18-13-7-14-19(17-10-5-2-6-11-17)15-12-16-8-3-1-4-9-16/h1,3-4,8-9,17H,2,5-7,10-15,18H2. The molecule has 1 aromatic rings. The highest BCUT2D eigenvalue weighted by Crippen LogP contribution is 2.23. The third-order valence-corrected chi connectivity index (χ3v) is 4.27. The van der Waals surface area contributed by atoms with Crippen molar-refractivity contribution < 1.29 is 0 Å². The van der Waals surface area contributed by atoms with Gasteiger partial charge >= 0.3 is 0 Å². The van der Waals surface area contributed by atoms with E-state index in [2.05, 4.69) is 35.2 Å². The van der Waals surface area contributed by atoms with Gasteiger partial charge in [0.25, 0.3) is 0 Å². The summed E-state index contributed by atoms with van der Waals surface area (Å²) in [6.45, 7) is 3.18. The lowest BCUT2D eigenvalue weighted by atomic mass is 9.93. The Bertz CT molecular complexity index is 330. The molecule has 2 heteroatoms. The van der Waals surface area contributed by atoms with Crippen molar-refractivity contribution in [2.75, 3.05) is 19.6 Å². The largest absolute Gasteiger partial charge is 0.330 e. The van der Waals surface area contributed by atoms with E-state index in [0.717, 1.165) is 19.0 Å². The average molecular weight is 260 g/mol. The van der Waals surface area contributed by atoms with E-state index in [-0.39, 0.29) is 0 Å². The highest BCUT2D eigenvalue weighted by molar-refractivity contribution is 5.14. The van der Waals surface area contributed by atoms with Gasteiger partial charge in [0.15, 0.2) is 0 Å². The van der Waals surface area contributed by atoms with Gasteiger partial charge in [0.2, 0.25) is 0 Å². The Balaban J connectivity index is 1.85. The van der Waals surface area contributed by atoms with E-state index in [4.69, 9.17) is 5.73 Å². The Morgan fingerprint density at radius 1 is 1.00 bits per heavy atom. The second-order valence-corrected chi connectivity index (χ2v) is 5.71. The molecule has 0 aliphatic heterocycles. The van der Waals surface area contributed by atoms with Gasteiger partial charge < -0.3 is 10.6 Å². The average Bonchev–Trinajstić information content (AvgIpc) is 2.49. The lowest BCUT2D eigenvalue weighted by molar-refractivity contribution is 0.156. The van der Waals surface area contributed by atoms with Crippen LogP contribution in [0, 0.1) is 0 Å². The van der Waals surface area contributed by atoms with Gasteiger partial charge in [-0.1, -0.05) is 49.6 Å². The van der Waals surface area contributed by atoms with Crippen molar-refractivity contribution in [3.63, 3.8) is 0 Å². The normalized spacial score (nSPS) is 16.9. The zero-order chi connectivity index (χ0) is 13.3. The predicted molar refractivity (Wildman–Crippen MR) is 82.3 cm³/mol. The smallest absolute Gasteiger partial charge is 0.00953 e. The number of hydrogen-bond acceptors (Lipinski definition) is 2. The van der Waals surface area contributed by atoms with Crippen LogP contribution < -0.4 is 5.73 Å². The first kappa shape index (κ1) is 14.5. The van der Waals surface area contributed by atoms with E-state index in [1.165, 1.54) is 57.2 Å². The summed E-state index contributed by atoms with van der Waals surface area (Å²) in [6.07, 6.45) is 9.33. The molecule has 0 bridgehead atoms. The minimum atomic E-state index is 0.809. The molecule has 0 unspecified atom stereocenters. The molecule has 0 radical (unpaired) electrons. The molecule has 0 spiro atoms. The van der Waals surface area contributed by atoms with Gasteiger partial charge in [-0.15, -0.1) is 0 Å². The molecule has 2 rings (SSSR count). The first-order valence-electron chi connectivity index (χ1n) is 7.88. The highest BCUT2D eigenvalue weighted by Gasteiger charge is 2.20. The molecule has 1 aromatic carbocycles. The summed E-state index contributed by atoms with van der Waals surface area (Å²) in [4.78, 5) is 2.69. The van der Waals surface area contributed by atoms with Gasteiger partial charge in [0.1, 0.15) is 0 Å². The molecule has 1 fully saturated rings. The SMILES string of the molecule is NCCCN(CCc1ccccc1)C1CCCCC1. The molecular weight excluding hydrogens is 232 g/mol. The maximum Gasteiger partial charge on any atom is 0.00953 e. The van der Waals surface area contributed by atoms with Crippen molar-refractivity contribution in [1.82, 2.24) is 4.90 Å². The van der Waals surface area contributed by atoms with E-state index < -0.39 is 0 Å². The summed E-state index contributed by atoms with van der Waals surface area (Å²) >= 11 is 0. The lowest BCUT2D eigenvalue weighted by Gasteiger charge is -2.34. The van der Waals surface area contributed by atoms with Gasteiger partial charge in [0, 0.05) is 12.6 Å². The summed E-state index contributed by atoms with van der Waals surface area (Å²) in [5, 5.41) is 0. The Labute approximate surface area is 118 Å². The predicted octanol–water partition coefficient (Wildman–Crippen LogP) is 3.21. The van der Waals surface area contributed by atoms with Crippen molar-refractivity contribution in [2.45, 2.75) is 51.0 Å². The number of benzene rings is 1. The first-order valence-corrected chi connectivity index (χ1v) is 7.88. The molecule has 0 amide bonds. The zero-order valence-electron chi connectivity index (χ0n) is 12.1. The topological polar surface area (TPSA) is 29.3 Å². The quantitative estimate of drug-likeness (QED) is 0.815. The van der Waals surface area contributed by atoms with E-state index in [9.17, 15) is 0 Å².